The van der Waals surface area contributed by atoms with Crippen LogP contribution in [0.3, 0.4) is 0 Å². The smallest absolute Gasteiger partial charge is 0.343 e. The van der Waals surface area contributed by atoms with Gasteiger partial charge in [0, 0.05) is 43.5 Å². The fourth-order valence-corrected chi connectivity index (χ4v) is 4.47. The van der Waals surface area contributed by atoms with E-state index in [4.69, 9.17) is 0 Å². The van der Waals surface area contributed by atoms with E-state index in [9.17, 15) is 35.3 Å². The van der Waals surface area contributed by atoms with Gasteiger partial charge >= 0.3 is 6.18 Å². The first-order valence-electron chi connectivity index (χ1n) is 8.48. The molecule has 1 aliphatic rings. The van der Waals surface area contributed by atoms with E-state index in [-0.39, 0.29) is 5.69 Å². The molecule has 1 aliphatic carbocycles. The molecule has 1 fully saturated rings. The van der Waals surface area contributed by atoms with Gasteiger partial charge in [-0.05, 0) is 19.1 Å². The molecular formula is C17H16F6N4O2S. The summed E-state index contributed by atoms with van der Waals surface area (Å²) in [5, 5.41) is 2.13. The van der Waals surface area contributed by atoms with Crippen LogP contribution < -0.4 is 10.0 Å². The molecule has 2 heterocycles. The summed E-state index contributed by atoms with van der Waals surface area (Å²) >= 11 is 0. The molecule has 13 heteroatoms. The van der Waals surface area contributed by atoms with Crippen LogP contribution in [0.1, 0.15) is 35.9 Å². The van der Waals surface area contributed by atoms with Crippen LogP contribution in [0, 0.1) is 5.82 Å². The fourth-order valence-electron chi connectivity index (χ4n) is 3.25. The van der Waals surface area contributed by atoms with Crippen LogP contribution in [-0.4, -0.2) is 31.1 Å². The molecule has 0 spiro atoms. The van der Waals surface area contributed by atoms with E-state index >= 15 is 0 Å². The van der Waals surface area contributed by atoms with Crippen LogP contribution >= 0.6 is 0 Å². The highest BCUT2D eigenvalue weighted by Crippen LogP contribution is 2.45. The zero-order valence-electron chi connectivity index (χ0n) is 15.6. The average Bonchev–Trinajstić information content (AvgIpc) is 2.86. The maximum absolute atomic E-state index is 14.8. The fraction of sp³-hybridized carbons (Fsp3) is 0.412. The average molecular weight is 454 g/mol. The second kappa shape index (κ2) is 7.38. The predicted octanol–water partition coefficient (Wildman–Crippen LogP) is 3.63. The third-order valence-electron chi connectivity index (χ3n) is 4.45. The predicted molar refractivity (Wildman–Crippen MR) is 94.7 cm³/mol. The molecule has 0 aliphatic heterocycles. The third-order valence-corrected chi connectivity index (χ3v) is 5.81. The molecule has 2 aromatic heterocycles. The molecule has 2 N–H and O–H groups in total. The van der Waals surface area contributed by atoms with Crippen molar-refractivity contribution in [1.29, 1.82) is 0 Å². The van der Waals surface area contributed by atoms with E-state index in [0.29, 0.717) is 6.07 Å². The first kappa shape index (κ1) is 22.3. The van der Waals surface area contributed by atoms with E-state index in [1.54, 1.807) is 0 Å². The number of halogens is 6. The van der Waals surface area contributed by atoms with Crippen LogP contribution in [0.25, 0.3) is 0 Å². The SMILES string of the molecule is Cn1cc(S(=O)NC2(C)CC(F)(F)C2)c(F)c1C(=O)Nc1ccnc(C(F)(F)F)c1. The molecule has 2 aromatic rings. The monoisotopic (exact) mass is 454 g/mol. The van der Waals surface area contributed by atoms with Crippen molar-refractivity contribution in [3.8, 4) is 0 Å². The molecule has 0 radical (unpaired) electrons. The van der Waals surface area contributed by atoms with Gasteiger partial charge in [0.05, 0.1) is 0 Å². The van der Waals surface area contributed by atoms with Gasteiger partial charge in [-0.15, -0.1) is 0 Å². The Hall–Kier alpha value is -2.41. The van der Waals surface area contributed by atoms with Crippen molar-refractivity contribution in [2.24, 2.45) is 7.05 Å². The Balaban J connectivity index is 1.78. The van der Waals surface area contributed by atoms with Crippen LogP contribution in [0.4, 0.5) is 32.0 Å². The maximum Gasteiger partial charge on any atom is 0.433 e. The molecule has 0 bridgehead atoms. The highest BCUT2D eigenvalue weighted by atomic mass is 32.2. The van der Waals surface area contributed by atoms with E-state index in [0.717, 1.165) is 23.0 Å². The van der Waals surface area contributed by atoms with Crippen LogP contribution in [0.15, 0.2) is 29.4 Å². The molecule has 164 valence electrons. The first-order valence-corrected chi connectivity index (χ1v) is 9.63. The number of amides is 1. The van der Waals surface area contributed by atoms with E-state index in [1.807, 2.05) is 0 Å². The largest absolute Gasteiger partial charge is 0.433 e. The topological polar surface area (TPSA) is 76.0 Å². The number of anilines is 1. The Bertz CT molecular complexity index is 1010. The molecule has 0 aromatic carbocycles. The van der Waals surface area contributed by atoms with Crippen molar-refractivity contribution in [3.05, 3.63) is 41.7 Å². The van der Waals surface area contributed by atoms with Gasteiger partial charge < -0.3 is 9.88 Å². The van der Waals surface area contributed by atoms with Crippen molar-refractivity contribution in [1.82, 2.24) is 14.3 Å². The number of aromatic nitrogens is 2. The molecule has 3 rings (SSSR count). The summed E-state index contributed by atoms with van der Waals surface area (Å²) in [6.45, 7) is 1.42. The Labute approximate surface area is 169 Å². The quantitative estimate of drug-likeness (QED) is 0.678. The van der Waals surface area contributed by atoms with Crippen molar-refractivity contribution >= 4 is 22.6 Å². The number of carbonyl (C=O) groups is 1. The van der Waals surface area contributed by atoms with E-state index in [1.165, 1.54) is 14.0 Å². The summed E-state index contributed by atoms with van der Waals surface area (Å²) in [6, 6.07) is 1.67. The molecule has 1 amide bonds. The van der Waals surface area contributed by atoms with Crippen LogP contribution in [0.5, 0.6) is 0 Å². The number of aryl methyl sites for hydroxylation is 1. The molecular weight excluding hydrogens is 438 g/mol. The van der Waals surface area contributed by atoms with Crippen LogP contribution in [-0.2, 0) is 24.2 Å². The van der Waals surface area contributed by atoms with Gasteiger partial charge in [0.25, 0.3) is 11.8 Å². The Morgan fingerprint density at radius 2 is 1.93 bits per heavy atom. The molecule has 1 unspecified atom stereocenters. The summed E-state index contributed by atoms with van der Waals surface area (Å²) in [5.74, 6) is -5.16. The number of alkyl halides is 5. The lowest BCUT2D eigenvalue weighted by Crippen LogP contribution is -2.59. The van der Waals surface area contributed by atoms with Gasteiger partial charge in [-0.3, -0.25) is 9.78 Å². The van der Waals surface area contributed by atoms with Gasteiger partial charge in [0.1, 0.15) is 27.3 Å². The van der Waals surface area contributed by atoms with Crippen molar-refractivity contribution in [3.63, 3.8) is 0 Å². The third kappa shape index (κ3) is 4.51. The molecule has 6 nitrogen and oxygen atoms in total. The van der Waals surface area contributed by atoms with Gasteiger partial charge in [-0.2, -0.15) is 13.2 Å². The van der Waals surface area contributed by atoms with Crippen molar-refractivity contribution in [2.75, 3.05) is 5.32 Å². The lowest BCUT2D eigenvalue weighted by Gasteiger charge is -2.44. The standard InChI is InChI=1S/C17H16F6N4O2S/c1-15(7-16(19,20)8-15)26-30(29)10-6-27(2)13(12(10)18)14(28)25-9-3-4-24-11(5-9)17(21,22)23/h3-6,26H,7-8H2,1-2H3,(H,24,25,28). The van der Waals surface area contributed by atoms with Crippen LogP contribution in [0.2, 0.25) is 0 Å². The second-order valence-electron chi connectivity index (χ2n) is 7.29. The summed E-state index contributed by atoms with van der Waals surface area (Å²) < 4.78 is 95.0. The normalized spacial score (nSPS) is 18.5. The zero-order valence-corrected chi connectivity index (χ0v) is 16.4. The lowest BCUT2D eigenvalue weighted by molar-refractivity contribution is -0.141. The number of pyridine rings is 1. The number of nitrogens with one attached hydrogen (secondary N) is 2. The number of carbonyl (C=O) groups excluding carboxylic acids is 1. The Morgan fingerprint density at radius 1 is 1.30 bits per heavy atom. The minimum absolute atomic E-state index is 0.270. The van der Waals surface area contributed by atoms with Crippen molar-refractivity contribution < 1.29 is 35.3 Å². The Morgan fingerprint density at radius 3 is 2.50 bits per heavy atom. The highest BCUT2D eigenvalue weighted by Gasteiger charge is 2.54. The highest BCUT2D eigenvalue weighted by molar-refractivity contribution is 7.83. The molecule has 30 heavy (non-hydrogen) atoms. The van der Waals surface area contributed by atoms with Gasteiger partial charge in [-0.1, -0.05) is 0 Å². The first-order chi connectivity index (χ1) is 13.7. The lowest BCUT2D eigenvalue weighted by atomic mass is 9.76. The minimum Gasteiger partial charge on any atom is -0.343 e. The second-order valence-corrected chi connectivity index (χ2v) is 8.47. The summed E-state index contributed by atoms with van der Waals surface area (Å²) in [5.41, 5.74) is -3.27. The molecule has 0 saturated heterocycles. The van der Waals surface area contributed by atoms with Gasteiger partial charge in [0.15, 0.2) is 5.82 Å². The number of hydrogen-bond donors (Lipinski definition) is 2. The van der Waals surface area contributed by atoms with E-state index < -0.39 is 69.5 Å². The molecule has 1 saturated carbocycles. The zero-order chi connectivity index (χ0) is 22.5. The number of rotatable bonds is 5. The Kier molecular flexibility index (Phi) is 5.48. The maximum atomic E-state index is 14.8. The molecule has 1 atom stereocenters. The minimum atomic E-state index is -4.73. The van der Waals surface area contributed by atoms with Crippen molar-refractivity contribution in [2.45, 2.75) is 42.3 Å². The summed E-state index contributed by atoms with van der Waals surface area (Å²) in [7, 11) is -0.963. The summed E-state index contributed by atoms with van der Waals surface area (Å²) in [4.78, 5) is 15.1. The van der Waals surface area contributed by atoms with E-state index in [2.05, 4.69) is 15.0 Å². The number of hydrogen-bond acceptors (Lipinski definition) is 3. The summed E-state index contributed by atoms with van der Waals surface area (Å²) in [6.07, 6.45) is -4.00. The number of nitrogens with zero attached hydrogens (tertiary/aromatic N) is 2. The van der Waals surface area contributed by atoms with Gasteiger partial charge in [-0.25, -0.2) is 22.1 Å². The van der Waals surface area contributed by atoms with Gasteiger partial charge in [0.2, 0.25) is 0 Å².